The molecule has 11 nitrogen and oxygen atoms in total. The predicted molar refractivity (Wildman–Crippen MR) is 145 cm³/mol. The summed E-state index contributed by atoms with van der Waals surface area (Å²) in [5, 5.41) is 13.3. The van der Waals surface area contributed by atoms with Gasteiger partial charge in [-0.25, -0.2) is 18.8 Å². The van der Waals surface area contributed by atoms with Crippen molar-refractivity contribution >= 4 is 49.6 Å². The molecule has 37 heavy (non-hydrogen) atoms. The number of sulfonamides is 1. The molecule has 0 bridgehead atoms. The van der Waals surface area contributed by atoms with Crippen molar-refractivity contribution in [2.45, 2.75) is 6.54 Å². The first-order chi connectivity index (χ1) is 17.9. The van der Waals surface area contributed by atoms with E-state index in [1.807, 2.05) is 12.1 Å². The molecule has 194 valence electrons. The van der Waals surface area contributed by atoms with Gasteiger partial charge >= 0.3 is 0 Å². The van der Waals surface area contributed by atoms with E-state index < -0.39 is 10.0 Å². The van der Waals surface area contributed by atoms with Crippen LogP contribution in [0.3, 0.4) is 0 Å². The van der Waals surface area contributed by atoms with Gasteiger partial charge in [-0.05, 0) is 23.8 Å². The fourth-order valence-electron chi connectivity index (χ4n) is 4.33. The monoisotopic (exact) mass is 540 g/mol. The fraction of sp³-hybridized carbons (Fsp3) is 0.417. The van der Waals surface area contributed by atoms with Crippen molar-refractivity contribution in [3.05, 3.63) is 46.3 Å². The summed E-state index contributed by atoms with van der Waals surface area (Å²) in [5.74, 6) is 1.27. The fourth-order valence-corrected chi connectivity index (χ4v) is 6.31. The molecule has 2 aromatic heterocycles. The van der Waals surface area contributed by atoms with Crippen LogP contribution in [0.5, 0.6) is 0 Å². The molecular formula is C24H28N8O3S2. The number of nitrogens with zero attached hydrogens (tertiary/aromatic N) is 7. The highest BCUT2D eigenvalue weighted by molar-refractivity contribution is 7.88. The Hall–Kier alpha value is -3.15. The number of rotatable bonds is 7. The van der Waals surface area contributed by atoms with Crippen LogP contribution in [0.25, 0.3) is 10.2 Å². The quantitative estimate of drug-likeness (QED) is 0.353. The van der Waals surface area contributed by atoms with Crippen LogP contribution in [0.2, 0.25) is 0 Å². The molecule has 0 saturated carbocycles. The molecule has 13 heteroatoms. The van der Waals surface area contributed by atoms with E-state index >= 15 is 0 Å². The first-order valence-corrected chi connectivity index (χ1v) is 14.7. The molecule has 3 aromatic rings. The molecule has 2 aliphatic heterocycles. The van der Waals surface area contributed by atoms with Crippen LogP contribution >= 0.6 is 11.3 Å². The van der Waals surface area contributed by atoms with E-state index in [9.17, 15) is 8.42 Å². The second-order valence-electron chi connectivity index (χ2n) is 8.94. The van der Waals surface area contributed by atoms with E-state index in [-0.39, 0.29) is 0 Å². The number of morpholine rings is 1. The average molecular weight is 541 g/mol. The maximum atomic E-state index is 11.8. The Morgan fingerprint density at radius 1 is 1.14 bits per heavy atom. The van der Waals surface area contributed by atoms with E-state index in [1.165, 1.54) is 10.6 Å². The Morgan fingerprint density at radius 2 is 1.86 bits per heavy atom. The van der Waals surface area contributed by atoms with Gasteiger partial charge in [0.25, 0.3) is 0 Å². The first-order valence-electron chi connectivity index (χ1n) is 12.0. The predicted octanol–water partition coefficient (Wildman–Crippen LogP) is 1.92. The second-order valence-corrected chi connectivity index (χ2v) is 12.1. The number of piperazine rings is 1. The smallest absolute Gasteiger partial charge is 0.246 e. The van der Waals surface area contributed by atoms with Crippen molar-refractivity contribution in [1.82, 2.24) is 19.2 Å². The number of hydrazone groups is 1. The Bertz CT molecular complexity index is 1420. The highest BCUT2D eigenvalue weighted by Crippen LogP contribution is 2.34. The van der Waals surface area contributed by atoms with Gasteiger partial charge < -0.3 is 9.64 Å². The minimum absolute atomic E-state index is 0.407. The first kappa shape index (κ1) is 25.5. The summed E-state index contributed by atoms with van der Waals surface area (Å²) in [6.45, 7) is 5.94. The van der Waals surface area contributed by atoms with Crippen LogP contribution < -0.4 is 10.3 Å². The number of fused-ring (bicyclic) bond motifs is 1. The van der Waals surface area contributed by atoms with Crippen molar-refractivity contribution in [1.29, 1.82) is 5.26 Å². The second kappa shape index (κ2) is 11.1. The van der Waals surface area contributed by atoms with Crippen molar-refractivity contribution in [2.24, 2.45) is 5.10 Å². The van der Waals surface area contributed by atoms with Gasteiger partial charge in [-0.3, -0.25) is 4.90 Å². The molecule has 4 heterocycles. The third-order valence-corrected chi connectivity index (χ3v) is 8.72. The molecule has 0 radical (unpaired) electrons. The minimum atomic E-state index is -3.15. The number of anilines is 2. The molecule has 1 N–H and O–H groups in total. The number of aromatic nitrogens is 2. The van der Waals surface area contributed by atoms with Gasteiger partial charge in [0.15, 0.2) is 5.82 Å². The SMILES string of the molecule is CS(=O)(=O)N1CCN(Cc2cc3nc(N/N=C/c4ccc(C#N)cc4)nc(N4CCOCC4)c3s2)CC1. The van der Waals surface area contributed by atoms with Gasteiger partial charge in [0.1, 0.15) is 0 Å². The van der Waals surface area contributed by atoms with Gasteiger partial charge in [0, 0.05) is 50.7 Å². The summed E-state index contributed by atoms with van der Waals surface area (Å²) in [4.78, 5) is 15.2. The van der Waals surface area contributed by atoms with Crippen molar-refractivity contribution in [2.75, 3.05) is 69.1 Å². The minimum Gasteiger partial charge on any atom is -0.378 e. The lowest BCUT2D eigenvalue weighted by molar-refractivity contribution is 0.122. The topological polar surface area (TPSA) is 127 Å². The number of hydrogen-bond acceptors (Lipinski definition) is 11. The molecule has 1 aromatic carbocycles. The Balaban J connectivity index is 1.35. The van der Waals surface area contributed by atoms with E-state index in [1.54, 1.807) is 29.7 Å². The molecule has 2 aliphatic rings. The van der Waals surface area contributed by atoms with Gasteiger partial charge in [0.2, 0.25) is 16.0 Å². The summed E-state index contributed by atoms with van der Waals surface area (Å²) in [6.07, 6.45) is 2.93. The number of benzene rings is 1. The standard InChI is InChI=1S/C24H28N8O3S2/c1-37(33,34)32-8-6-30(7-9-32)17-20-14-21-22(36-20)23(31-10-12-35-13-11-31)28-24(27-21)29-26-16-19-4-2-18(15-25)3-5-19/h2-5,14,16H,6-13,17H2,1H3,(H,27,28,29)/b26-16+. The van der Waals surface area contributed by atoms with Crippen LogP contribution in [-0.4, -0.2) is 92.5 Å². The molecule has 0 amide bonds. The highest BCUT2D eigenvalue weighted by atomic mass is 32.2. The Morgan fingerprint density at radius 3 is 2.54 bits per heavy atom. The van der Waals surface area contributed by atoms with Gasteiger partial charge in [-0.1, -0.05) is 12.1 Å². The Kier molecular flexibility index (Phi) is 7.63. The van der Waals surface area contributed by atoms with Crippen LogP contribution in [0.15, 0.2) is 35.4 Å². The third kappa shape index (κ3) is 6.23. The Labute approximate surface area is 220 Å². The number of nitrogens with one attached hydrogen (secondary N) is 1. The molecule has 0 aliphatic carbocycles. The molecule has 0 spiro atoms. The molecule has 0 unspecified atom stereocenters. The van der Waals surface area contributed by atoms with Crippen LogP contribution in [0.1, 0.15) is 16.0 Å². The maximum absolute atomic E-state index is 11.8. The average Bonchev–Trinajstić information content (AvgIpc) is 3.31. The van der Waals surface area contributed by atoms with E-state index in [4.69, 9.17) is 20.0 Å². The number of hydrogen-bond donors (Lipinski definition) is 1. The summed E-state index contributed by atoms with van der Waals surface area (Å²) in [6, 6.07) is 11.3. The zero-order chi connectivity index (χ0) is 25.8. The third-order valence-electron chi connectivity index (χ3n) is 6.31. The lowest BCUT2D eigenvalue weighted by Gasteiger charge is -2.32. The van der Waals surface area contributed by atoms with E-state index in [0.717, 1.165) is 46.1 Å². The molecule has 0 atom stereocenters. The summed E-state index contributed by atoms with van der Waals surface area (Å²) in [7, 11) is -3.15. The lowest BCUT2D eigenvalue weighted by Crippen LogP contribution is -2.47. The van der Waals surface area contributed by atoms with Crippen molar-refractivity contribution in [3.8, 4) is 6.07 Å². The largest absolute Gasteiger partial charge is 0.378 e. The van der Waals surface area contributed by atoms with Crippen LogP contribution in [0.4, 0.5) is 11.8 Å². The maximum Gasteiger partial charge on any atom is 0.246 e. The van der Waals surface area contributed by atoms with Gasteiger partial charge in [-0.15, -0.1) is 11.3 Å². The van der Waals surface area contributed by atoms with Gasteiger partial charge in [0.05, 0.1) is 47.5 Å². The molecule has 5 rings (SSSR count). The number of thiophene rings is 1. The van der Waals surface area contributed by atoms with Crippen LogP contribution in [-0.2, 0) is 21.3 Å². The van der Waals surface area contributed by atoms with Crippen LogP contribution in [0, 0.1) is 11.3 Å². The normalized spacial score (nSPS) is 17.9. The molecule has 2 saturated heterocycles. The summed E-state index contributed by atoms with van der Waals surface area (Å²) >= 11 is 1.68. The zero-order valence-corrected chi connectivity index (χ0v) is 22.1. The number of ether oxygens (including phenoxy) is 1. The molecule has 2 fully saturated rings. The van der Waals surface area contributed by atoms with Crippen molar-refractivity contribution in [3.63, 3.8) is 0 Å². The van der Waals surface area contributed by atoms with Gasteiger partial charge in [-0.2, -0.15) is 19.7 Å². The summed E-state index contributed by atoms with van der Waals surface area (Å²) in [5.41, 5.74) is 5.26. The van der Waals surface area contributed by atoms with Crippen molar-refractivity contribution < 1.29 is 13.2 Å². The zero-order valence-electron chi connectivity index (χ0n) is 20.5. The lowest BCUT2D eigenvalue weighted by atomic mass is 10.2. The van der Waals surface area contributed by atoms with E-state index in [2.05, 4.69) is 32.5 Å². The number of nitriles is 1. The highest BCUT2D eigenvalue weighted by Gasteiger charge is 2.25. The summed E-state index contributed by atoms with van der Waals surface area (Å²) < 4.78 is 31.7. The molecular weight excluding hydrogens is 512 g/mol. The van der Waals surface area contributed by atoms with E-state index in [0.29, 0.717) is 50.9 Å².